The van der Waals surface area contributed by atoms with E-state index in [-0.39, 0.29) is 30.9 Å². The summed E-state index contributed by atoms with van der Waals surface area (Å²) >= 11 is 1.18. The van der Waals surface area contributed by atoms with Crippen molar-refractivity contribution in [2.24, 2.45) is 4.99 Å². The number of rotatable bonds is 6. The standard InChI is InChI=1S/C30H29N3O6S/c1-5-9-19-24(29(36)37-6-2)25(17-12-13-21-22(14-17)39-15-38-21)33-28(35)26(40-30(33)31-19)23-18-10-7-8-11-20(18)32(16(3)4)27(23)34/h7-8,10-14,16,25H,5-6,9,15H2,1-4H3/b26-23+/t25-/m1/s1. The maximum absolute atomic E-state index is 14.3. The molecule has 0 radical (unpaired) electrons. The normalized spacial score (nSPS) is 18.7. The van der Waals surface area contributed by atoms with E-state index in [0.29, 0.717) is 55.2 Å². The molecule has 6 rings (SSSR count). The molecule has 0 bridgehead atoms. The second-order valence-electron chi connectivity index (χ2n) is 10.0. The van der Waals surface area contributed by atoms with E-state index in [4.69, 9.17) is 19.2 Å². The van der Waals surface area contributed by atoms with Gasteiger partial charge in [0.1, 0.15) is 4.53 Å². The van der Waals surface area contributed by atoms with Crippen molar-refractivity contribution in [3.8, 4) is 11.5 Å². The number of hydrogen-bond donors (Lipinski definition) is 0. The van der Waals surface area contributed by atoms with Gasteiger partial charge in [0.2, 0.25) is 6.79 Å². The van der Waals surface area contributed by atoms with Crippen LogP contribution in [-0.4, -0.2) is 35.9 Å². The maximum Gasteiger partial charge on any atom is 0.338 e. The van der Waals surface area contributed by atoms with Crippen LogP contribution in [0.2, 0.25) is 0 Å². The van der Waals surface area contributed by atoms with Crippen LogP contribution in [-0.2, 0) is 14.3 Å². The monoisotopic (exact) mass is 559 g/mol. The molecule has 4 heterocycles. The number of amides is 1. The highest BCUT2D eigenvalue weighted by molar-refractivity contribution is 7.07. The molecule has 3 aromatic rings. The SMILES string of the molecule is CCCC1=C(C(=O)OCC)[C@@H](c2ccc3c(c2)OCO3)n2c(s/c(=C3/C(=O)N(C(C)C)c4ccccc43)c2=O)=N1. The minimum Gasteiger partial charge on any atom is -0.463 e. The van der Waals surface area contributed by atoms with E-state index in [1.807, 2.05) is 51.1 Å². The highest BCUT2D eigenvalue weighted by Gasteiger charge is 2.38. The lowest BCUT2D eigenvalue weighted by molar-refractivity contribution is -0.139. The molecule has 1 amide bonds. The minimum atomic E-state index is -0.811. The number of aromatic nitrogens is 1. The number of fused-ring (bicyclic) bond motifs is 3. The molecule has 0 aliphatic carbocycles. The number of nitrogens with zero attached hydrogens (tertiary/aromatic N) is 3. The summed E-state index contributed by atoms with van der Waals surface area (Å²) in [6, 6.07) is 12.0. The van der Waals surface area contributed by atoms with Crippen molar-refractivity contribution in [3.63, 3.8) is 0 Å². The van der Waals surface area contributed by atoms with Gasteiger partial charge in [-0.15, -0.1) is 0 Å². The van der Waals surface area contributed by atoms with Crippen LogP contribution in [0.5, 0.6) is 11.5 Å². The van der Waals surface area contributed by atoms with Crippen LogP contribution in [0.4, 0.5) is 5.69 Å². The quantitative estimate of drug-likeness (QED) is 0.429. The van der Waals surface area contributed by atoms with Crippen molar-refractivity contribution < 1.29 is 23.8 Å². The van der Waals surface area contributed by atoms with Crippen LogP contribution < -0.4 is 29.3 Å². The van der Waals surface area contributed by atoms with Gasteiger partial charge in [0.05, 0.1) is 35.2 Å². The summed E-state index contributed by atoms with van der Waals surface area (Å²) in [6.07, 6.45) is 1.26. The van der Waals surface area contributed by atoms with Gasteiger partial charge in [-0.1, -0.05) is 48.9 Å². The summed E-state index contributed by atoms with van der Waals surface area (Å²) in [7, 11) is 0. The molecule has 2 aromatic carbocycles. The fraction of sp³-hybridized carbons (Fsp3) is 0.333. The number of allylic oxidation sites excluding steroid dienone is 1. The molecule has 0 spiro atoms. The summed E-state index contributed by atoms with van der Waals surface area (Å²) in [5.41, 5.74) is 3.01. The first-order chi connectivity index (χ1) is 19.3. The molecule has 0 N–H and O–H groups in total. The summed E-state index contributed by atoms with van der Waals surface area (Å²) in [4.78, 5) is 48.5. The zero-order valence-electron chi connectivity index (χ0n) is 22.7. The van der Waals surface area contributed by atoms with Crippen molar-refractivity contribution in [1.29, 1.82) is 0 Å². The van der Waals surface area contributed by atoms with Gasteiger partial charge in [-0.05, 0) is 51.0 Å². The third kappa shape index (κ3) is 3.97. The van der Waals surface area contributed by atoms with E-state index in [9.17, 15) is 14.4 Å². The number of hydrogen-bond acceptors (Lipinski definition) is 8. The Bertz CT molecular complexity index is 1770. The van der Waals surface area contributed by atoms with E-state index in [0.717, 1.165) is 12.1 Å². The molecule has 9 nitrogen and oxygen atoms in total. The van der Waals surface area contributed by atoms with E-state index < -0.39 is 12.0 Å². The van der Waals surface area contributed by atoms with Gasteiger partial charge in [0.15, 0.2) is 16.3 Å². The summed E-state index contributed by atoms with van der Waals surface area (Å²) in [5, 5.41) is 0. The fourth-order valence-electron chi connectivity index (χ4n) is 5.54. The highest BCUT2D eigenvalue weighted by atomic mass is 32.1. The average Bonchev–Trinajstić information content (AvgIpc) is 3.61. The number of thiazole rings is 1. The lowest BCUT2D eigenvalue weighted by Gasteiger charge is -2.25. The molecule has 206 valence electrons. The first-order valence-electron chi connectivity index (χ1n) is 13.4. The van der Waals surface area contributed by atoms with Gasteiger partial charge in [-0.2, -0.15) is 0 Å². The van der Waals surface area contributed by atoms with Gasteiger partial charge in [-0.25, -0.2) is 9.79 Å². The van der Waals surface area contributed by atoms with Crippen LogP contribution >= 0.6 is 11.3 Å². The zero-order valence-corrected chi connectivity index (χ0v) is 23.5. The lowest BCUT2D eigenvalue weighted by atomic mass is 9.94. The van der Waals surface area contributed by atoms with Crippen LogP contribution in [0.1, 0.15) is 57.7 Å². The first-order valence-corrected chi connectivity index (χ1v) is 14.2. The van der Waals surface area contributed by atoms with Gasteiger partial charge >= 0.3 is 5.97 Å². The maximum atomic E-state index is 14.3. The molecule has 3 aliphatic rings. The average molecular weight is 560 g/mol. The Morgan fingerprint density at radius 2 is 1.90 bits per heavy atom. The highest BCUT2D eigenvalue weighted by Crippen LogP contribution is 2.40. The van der Waals surface area contributed by atoms with E-state index in [1.54, 1.807) is 24.0 Å². The Morgan fingerprint density at radius 1 is 1.12 bits per heavy atom. The smallest absolute Gasteiger partial charge is 0.338 e. The fourth-order valence-corrected chi connectivity index (χ4v) is 6.65. The number of ether oxygens (including phenoxy) is 3. The van der Waals surface area contributed by atoms with Gasteiger partial charge in [0.25, 0.3) is 11.5 Å². The molecule has 3 aliphatic heterocycles. The molecule has 0 saturated carbocycles. The van der Waals surface area contributed by atoms with Gasteiger partial charge in [-0.3, -0.25) is 14.2 Å². The van der Waals surface area contributed by atoms with E-state index >= 15 is 0 Å². The predicted molar refractivity (Wildman–Crippen MR) is 150 cm³/mol. The summed E-state index contributed by atoms with van der Waals surface area (Å²) < 4.78 is 18.4. The van der Waals surface area contributed by atoms with Crippen molar-refractivity contribution >= 4 is 34.5 Å². The Hall–Kier alpha value is -4.18. The van der Waals surface area contributed by atoms with E-state index in [1.165, 1.54) is 15.9 Å². The van der Waals surface area contributed by atoms with Crippen molar-refractivity contribution in [2.75, 3.05) is 18.3 Å². The number of carbonyl (C=O) groups excluding carboxylic acids is 2. The Kier molecular flexibility index (Phi) is 6.58. The third-order valence-electron chi connectivity index (χ3n) is 7.19. The molecule has 40 heavy (non-hydrogen) atoms. The van der Waals surface area contributed by atoms with Gasteiger partial charge < -0.3 is 19.1 Å². The molecule has 0 unspecified atom stereocenters. The molecule has 1 aromatic heterocycles. The summed E-state index contributed by atoms with van der Waals surface area (Å²) in [5.74, 6) is 0.381. The lowest BCUT2D eigenvalue weighted by Crippen LogP contribution is -2.41. The Morgan fingerprint density at radius 3 is 2.65 bits per heavy atom. The van der Waals surface area contributed by atoms with Crippen LogP contribution in [0.25, 0.3) is 5.57 Å². The summed E-state index contributed by atoms with van der Waals surface area (Å²) in [6.45, 7) is 7.92. The second kappa shape index (κ2) is 10.1. The minimum absolute atomic E-state index is 0.0946. The Labute approximate surface area is 234 Å². The van der Waals surface area contributed by atoms with Crippen molar-refractivity contribution in [3.05, 3.63) is 84.5 Å². The number of esters is 1. The zero-order chi connectivity index (χ0) is 28.1. The second-order valence-corrected chi connectivity index (χ2v) is 11.0. The number of para-hydroxylation sites is 1. The van der Waals surface area contributed by atoms with Crippen LogP contribution in [0, 0.1) is 0 Å². The largest absolute Gasteiger partial charge is 0.463 e. The first kappa shape index (κ1) is 26.1. The van der Waals surface area contributed by atoms with Crippen molar-refractivity contribution in [1.82, 2.24) is 4.57 Å². The third-order valence-corrected chi connectivity index (χ3v) is 8.24. The molecular formula is C30H29N3O6S. The molecule has 0 fully saturated rings. The number of carbonyl (C=O) groups is 2. The van der Waals surface area contributed by atoms with Crippen LogP contribution in [0.15, 0.2) is 63.5 Å². The molecular weight excluding hydrogens is 530 g/mol. The Balaban J connectivity index is 1.66. The van der Waals surface area contributed by atoms with Gasteiger partial charge in [0, 0.05) is 11.6 Å². The molecule has 10 heteroatoms. The number of anilines is 1. The van der Waals surface area contributed by atoms with Crippen LogP contribution in [0.3, 0.4) is 0 Å². The van der Waals surface area contributed by atoms with Crippen molar-refractivity contribution in [2.45, 2.75) is 52.6 Å². The van der Waals surface area contributed by atoms with E-state index in [2.05, 4.69) is 0 Å². The topological polar surface area (TPSA) is 99.4 Å². The number of benzene rings is 2. The predicted octanol–water partition coefficient (Wildman–Crippen LogP) is 3.43. The molecule has 0 saturated heterocycles. The molecule has 1 atom stereocenters.